The second-order valence-electron chi connectivity index (χ2n) is 7.23. The van der Waals surface area contributed by atoms with Gasteiger partial charge in [-0.25, -0.2) is 9.38 Å². The summed E-state index contributed by atoms with van der Waals surface area (Å²) in [6.07, 6.45) is 15.5. The predicted octanol–water partition coefficient (Wildman–Crippen LogP) is 3.28. The Bertz CT molecular complexity index is 740. The van der Waals surface area contributed by atoms with E-state index in [1.807, 2.05) is 18.2 Å². The second-order valence-corrected chi connectivity index (χ2v) is 7.23. The van der Waals surface area contributed by atoms with E-state index in [2.05, 4.69) is 27.3 Å². The molecule has 4 nitrogen and oxygen atoms in total. The number of nitrogens with zero attached hydrogens (tertiary/aromatic N) is 2. The molecule has 2 aliphatic carbocycles. The SMILES string of the molecule is O=C(N=C1C=Cc2cn(CC3C=C[C@H](F)CC3)cc21)[C@@H]1CCCCN1. The zero-order valence-corrected chi connectivity index (χ0v) is 14.3. The van der Waals surface area contributed by atoms with Gasteiger partial charge >= 0.3 is 0 Å². The van der Waals surface area contributed by atoms with Gasteiger partial charge in [0, 0.05) is 30.1 Å². The van der Waals surface area contributed by atoms with Crippen LogP contribution in [0.3, 0.4) is 0 Å². The number of aliphatic imine (C=N–C) groups is 1. The van der Waals surface area contributed by atoms with Crippen molar-refractivity contribution in [3.63, 3.8) is 0 Å². The number of hydrogen-bond donors (Lipinski definition) is 1. The normalized spacial score (nSPS) is 30.0. The molecule has 25 heavy (non-hydrogen) atoms. The summed E-state index contributed by atoms with van der Waals surface area (Å²) in [5.41, 5.74) is 2.88. The highest BCUT2D eigenvalue weighted by molar-refractivity contribution is 6.20. The molecule has 1 aromatic heterocycles. The van der Waals surface area contributed by atoms with E-state index < -0.39 is 6.17 Å². The highest BCUT2D eigenvalue weighted by Crippen LogP contribution is 2.25. The second kappa shape index (κ2) is 7.08. The third-order valence-electron chi connectivity index (χ3n) is 5.30. The van der Waals surface area contributed by atoms with Gasteiger partial charge < -0.3 is 9.88 Å². The molecule has 1 aromatic rings. The van der Waals surface area contributed by atoms with Gasteiger partial charge in [-0.15, -0.1) is 0 Å². The standard InChI is InChI=1S/C20H24FN3O/c21-16-7-4-14(5-8-16)11-24-12-15-6-9-18(17(15)13-24)23-20(25)19-3-1-2-10-22-19/h4,6-7,9,12-14,16,19,22H,1-3,5,8,10-11H2/t14?,16-,19-/m0/s1. The van der Waals surface area contributed by atoms with Crippen molar-refractivity contribution in [2.45, 2.75) is 50.9 Å². The molecule has 132 valence electrons. The zero-order valence-electron chi connectivity index (χ0n) is 14.3. The lowest BCUT2D eigenvalue weighted by atomic mass is 9.95. The quantitative estimate of drug-likeness (QED) is 0.858. The van der Waals surface area contributed by atoms with Crippen LogP contribution in [0.4, 0.5) is 4.39 Å². The highest BCUT2D eigenvalue weighted by Gasteiger charge is 2.23. The summed E-state index contributed by atoms with van der Waals surface area (Å²) >= 11 is 0. The van der Waals surface area contributed by atoms with E-state index in [4.69, 9.17) is 0 Å². The molecule has 1 N–H and O–H groups in total. The highest BCUT2D eigenvalue weighted by atomic mass is 19.1. The number of hydrogen-bond acceptors (Lipinski definition) is 2. The number of aromatic nitrogens is 1. The maximum Gasteiger partial charge on any atom is 0.263 e. The molecule has 1 amide bonds. The summed E-state index contributed by atoms with van der Waals surface area (Å²) < 4.78 is 15.3. The van der Waals surface area contributed by atoms with Crippen LogP contribution in [0.25, 0.3) is 6.08 Å². The van der Waals surface area contributed by atoms with Crippen LogP contribution in [0.5, 0.6) is 0 Å². The van der Waals surface area contributed by atoms with Crippen molar-refractivity contribution in [2.24, 2.45) is 10.9 Å². The summed E-state index contributed by atoms with van der Waals surface area (Å²) in [6, 6.07) is -0.137. The largest absolute Gasteiger partial charge is 0.352 e. The predicted molar refractivity (Wildman–Crippen MR) is 97.4 cm³/mol. The first-order valence-electron chi connectivity index (χ1n) is 9.25. The van der Waals surface area contributed by atoms with E-state index in [-0.39, 0.29) is 11.9 Å². The summed E-state index contributed by atoms with van der Waals surface area (Å²) in [5, 5.41) is 3.26. The molecular formula is C20H24FN3O. The van der Waals surface area contributed by atoms with E-state index in [0.29, 0.717) is 12.3 Å². The Balaban J connectivity index is 1.46. The number of allylic oxidation sites excluding steroid dienone is 3. The van der Waals surface area contributed by atoms with Gasteiger partial charge in [0.05, 0.1) is 11.8 Å². The van der Waals surface area contributed by atoms with Crippen LogP contribution >= 0.6 is 0 Å². The zero-order chi connectivity index (χ0) is 17.2. The number of alkyl halides is 1. The molecule has 0 saturated carbocycles. The van der Waals surface area contributed by atoms with Gasteiger partial charge in [0.25, 0.3) is 5.91 Å². The number of nitrogens with one attached hydrogen (secondary N) is 1. The average molecular weight is 341 g/mol. The Morgan fingerprint density at radius 3 is 2.88 bits per heavy atom. The molecule has 0 radical (unpaired) electrons. The third kappa shape index (κ3) is 3.66. The first-order chi connectivity index (χ1) is 12.2. The lowest BCUT2D eigenvalue weighted by Crippen LogP contribution is -2.39. The van der Waals surface area contributed by atoms with E-state index in [1.165, 1.54) is 0 Å². The molecule has 3 atom stereocenters. The first-order valence-corrected chi connectivity index (χ1v) is 9.25. The monoisotopic (exact) mass is 341 g/mol. The molecule has 5 heteroatoms. The molecule has 1 fully saturated rings. The van der Waals surface area contributed by atoms with Crippen LogP contribution in [-0.4, -0.2) is 34.9 Å². The molecular weight excluding hydrogens is 317 g/mol. The maximum absolute atomic E-state index is 13.2. The third-order valence-corrected chi connectivity index (χ3v) is 5.30. The van der Waals surface area contributed by atoms with Gasteiger partial charge in [0.1, 0.15) is 6.17 Å². The molecule has 1 unspecified atom stereocenters. The molecule has 2 heterocycles. The minimum atomic E-state index is -0.785. The number of carbonyl (C=O) groups is 1. The molecule has 4 rings (SSSR count). The average Bonchev–Trinajstić information content (AvgIpc) is 3.19. The number of fused-ring (bicyclic) bond motifs is 1. The number of piperidine rings is 1. The van der Waals surface area contributed by atoms with Crippen molar-refractivity contribution < 1.29 is 9.18 Å². The van der Waals surface area contributed by atoms with Gasteiger partial charge in [-0.2, -0.15) is 0 Å². The Labute approximate surface area is 147 Å². The molecule has 3 aliphatic rings. The fourth-order valence-corrected chi connectivity index (χ4v) is 3.86. The van der Waals surface area contributed by atoms with Crippen molar-refractivity contribution in [1.29, 1.82) is 0 Å². The minimum Gasteiger partial charge on any atom is -0.352 e. The molecule has 1 aliphatic heterocycles. The van der Waals surface area contributed by atoms with E-state index >= 15 is 0 Å². The smallest absolute Gasteiger partial charge is 0.263 e. The minimum absolute atomic E-state index is 0.0656. The molecule has 0 aromatic carbocycles. The maximum atomic E-state index is 13.2. The fourth-order valence-electron chi connectivity index (χ4n) is 3.86. The van der Waals surface area contributed by atoms with Crippen molar-refractivity contribution in [3.8, 4) is 0 Å². The van der Waals surface area contributed by atoms with Crippen LogP contribution in [0.2, 0.25) is 0 Å². The summed E-state index contributed by atoms with van der Waals surface area (Å²) in [7, 11) is 0. The van der Waals surface area contributed by atoms with Crippen molar-refractivity contribution in [2.75, 3.05) is 6.54 Å². The Hall–Kier alpha value is -2.01. The van der Waals surface area contributed by atoms with Crippen molar-refractivity contribution in [1.82, 2.24) is 9.88 Å². The van der Waals surface area contributed by atoms with Gasteiger partial charge in [-0.05, 0) is 44.2 Å². The molecule has 0 bridgehead atoms. The van der Waals surface area contributed by atoms with E-state index in [0.717, 1.165) is 55.6 Å². The fraction of sp³-hybridized carbons (Fsp3) is 0.500. The lowest BCUT2D eigenvalue weighted by molar-refractivity contribution is -0.120. The van der Waals surface area contributed by atoms with Gasteiger partial charge in [-0.3, -0.25) is 4.79 Å². The van der Waals surface area contributed by atoms with Crippen LogP contribution in [0, 0.1) is 5.92 Å². The van der Waals surface area contributed by atoms with Crippen molar-refractivity contribution >= 4 is 17.7 Å². The van der Waals surface area contributed by atoms with E-state index in [1.54, 1.807) is 6.08 Å². The van der Waals surface area contributed by atoms with Crippen LogP contribution in [0.1, 0.15) is 43.2 Å². The van der Waals surface area contributed by atoms with Crippen LogP contribution < -0.4 is 5.32 Å². The van der Waals surface area contributed by atoms with Gasteiger partial charge in [-0.1, -0.05) is 24.6 Å². The van der Waals surface area contributed by atoms with Gasteiger partial charge in [0.15, 0.2) is 0 Å². The first kappa shape index (κ1) is 16.5. The Kier molecular flexibility index (Phi) is 4.66. The summed E-state index contributed by atoms with van der Waals surface area (Å²) in [5.74, 6) is 0.307. The number of rotatable bonds is 3. The molecule has 1 saturated heterocycles. The summed E-state index contributed by atoms with van der Waals surface area (Å²) in [6.45, 7) is 1.74. The lowest BCUT2D eigenvalue weighted by Gasteiger charge is -2.20. The van der Waals surface area contributed by atoms with Crippen LogP contribution in [0.15, 0.2) is 35.6 Å². The van der Waals surface area contributed by atoms with Crippen LogP contribution in [-0.2, 0) is 11.3 Å². The Morgan fingerprint density at radius 1 is 1.20 bits per heavy atom. The van der Waals surface area contributed by atoms with Crippen molar-refractivity contribution in [3.05, 3.63) is 41.7 Å². The van der Waals surface area contributed by atoms with E-state index in [9.17, 15) is 9.18 Å². The van der Waals surface area contributed by atoms with Gasteiger partial charge in [0.2, 0.25) is 0 Å². The Morgan fingerprint density at radius 2 is 2.12 bits per heavy atom. The number of amides is 1. The number of carbonyl (C=O) groups excluding carboxylic acids is 1. The number of halogens is 1. The topological polar surface area (TPSA) is 46.4 Å². The molecule has 0 spiro atoms. The summed E-state index contributed by atoms with van der Waals surface area (Å²) in [4.78, 5) is 16.7.